The summed E-state index contributed by atoms with van der Waals surface area (Å²) in [6.07, 6.45) is 2.09. The number of benzene rings is 2. The fourth-order valence-electron chi connectivity index (χ4n) is 3.07. The summed E-state index contributed by atoms with van der Waals surface area (Å²) in [5, 5.41) is 13.3. The minimum Gasteiger partial charge on any atom is -0.268 e. The zero-order valence-electron chi connectivity index (χ0n) is 16.4. The monoisotopic (exact) mass is 406 g/mol. The lowest BCUT2D eigenvalue weighted by atomic mass is 10.2. The van der Waals surface area contributed by atoms with Crippen molar-refractivity contribution in [1.82, 2.24) is 29.8 Å². The van der Waals surface area contributed by atoms with E-state index < -0.39 is 0 Å². The van der Waals surface area contributed by atoms with Crippen molar-refractivity contribution >= 4 is 22.7 Å². The van der Waals surface area contributed by atoms with Crippen LogP contribution in [0.5, 0.6) is 0 Å². The Labute approximate surface area is 172 Å². The maximum atomic E-state index is 13.3. The molecular formula is C21H22N6OS. The van der Waals surface area contributed by atoms with E-state index in [0.717, 1.165) is 36.5 Å². The summed E-state index contributed by atoms with van der Waals surface area (Å²) in [7, 11) is 0. The summed E-state index contributed by atoms with van der Waals surface area (Å²) in [6, 6.07) is 15.3. The quantitative estimate of drug-likeness (QED) is 0.343. The average Bonchev–Trinajstić information content (AvgIpc) is 3.19. The van der Waals surface area contributed by atoms with Crippen molar-refractivity contribution in [2.45, 2.75) is 44.1 Å². The molecule has 0 saturated heterocycles. The molecule has 2 aromatic carbocycles. The van der Waals surface area contributed by atoms with Crippen LogP contribution >= 0.6 is 11.8 Å². The van der Waals surface area contributed by atoms with Gasteiger partial charge in [-0.25, -0.2) is 9.67 Å². The Balaban J connectivity index is 1.75. The summed E-state index contributed by atoms with van der Waals surface area (Å²) < 4.78 is 3.50. The van der Waals surface area contributed by atoms with Gasteiger partial charge in [0.2, 0.25) is 0 Å². The van der Waals surface area contributed by atoms with Crippen LogP contribution in [0.1, 0.15) is 31.2 Å². The van der Waals surface area contributed by atoms with Crippen LogP contribution < -0.4 is 5.56 Å². The Bertz CT molecular complexity index is 1180. The van der Waals surface area contributed by atoms with Gasteiger partial charge in [0.15, 0.2) is 11.0 Å². The second kappa shape index (κ2) is 8.57. The number of fused-ring (bicyclic) bond motifs is 1. The highest BCUT2D eigenvalue weighted by molar-refractivity contribution is 7.98. The van der Waals surface area contributed by atoms with Crippen molar-refractivity contribution in [3.05, 3.63) is 70.3 Å². The van der Waals surface area contributed by atoms with Crippen molar-refractivity contribution < 1.29 is 0 Å². The lowest BCUT2D eigenvalue weighted by Crippen LogP contribution is -2.21. The predicted octanol–water partition coefficient (Wildman–Crippen LogP) is 3.77. The molecule has 0 aliphatic carbocycles. The van der Waals surface area contributed by atoms with Crippen LogP contribution in [-0.2, 0) is 12.3 Å². The molecule has 0 atom stereocenters. The van der Waals surface area contributed by atoms with Crippen LogP contribution in [0.25, 0.3) is 16.6 Å². The Hall–Kier alpha value is -3.00. The van der Waals surface area contributed by atoms with E-state index in [1.165, 1.54) is 11.8 Å². The van der Waals surface area contributed by atoms with E-state index in [9.17, 15) is 4.79 Å². The van der Waals surface area contributed by atoms with Crippen molar-refractivity contribution in [2.75, 3.05) is 0 Å². The highest BCUT2D eigenvalue weighted by Crippen LogP contribution is 2.24. The smallest absolute Gasteiger partial charge is 0.266 e. The van der Waals surface area contributed by atoms with E-state index in [1.54, 1.807) is 4.57 Å². The lowest BCUT2D eigenvalue weighted by Gasteiger charge is -2.13. The minimum atomic E-state index is -0.0764. The summed E-state index contributed by atoms with van der Waals surface area (Å²) in [5.41, 5.74) is 2.55. The van der Waals surface area contributed by atoms with Gasteiger partial charge in [-0.05, 0) is 48.0 Å². The first-order chi connectivity index (χ1) is 14.2. The summed E-state index contributed by atoms with van der Waals surface area (Å²) >= 11 is 1.47. The number of hydrogen-bond donors (Lipinski definition) is 0. The number of para-hydroxylation sites is 1. The third-order valence-corrected chi connectivity index (χ3v) is 5.63. The first-order valence-corrected chi connectivity index (χ1v) is 10.6. The topological polar surface area (TPSA) is 78.5 Å². The highest BCUT2D eigenvalue weighted by atomic mass is 32.2. The molecule has 7 nitrogen and oxygen atoms in total. The number of nitrogens with zero attached hydrogens (tertiary/aromatic N) is 6. The third-order valence-electron chi connectivity index (χ3n) is 4.70. The standard InChI is InChI=1S/C21H22N6OS/c1-3-4-13-26-19(23-24-25-26)14-29-21-22-18-8-6-5-7-17(18)20(28)27(21)16-11-9-15(2)10-12-16/h5-12H,3-4,13-14H2,1-2H3. The molecule has 8 heteroatoms. The number of thioether (sulfide) groups is 1. The van der Waals surface area contributed by atoms with Crippen molar-refractivity contribution in [1.29, 1.82) is 0 Å². The molecule has 0 fully saturated rings. The molecule has 0 saturated carbocycles. The van der Waals surface area contributed by atoms with E-state index in [1.807, 2.05) is 60.1 Å². The van der Waals surface area contributed by atoms with Crippen molar-refractivity contribution in [3.8, 4) is 5.69 Å². The van der Waals surface area contributed by atoms with Crippen LogP contribution in [0.3, 0.4) is 0 Å². The summed E-state index contributed by atoms with van der Waals surface area (Å²) in [4.78, 5) is 18.0. The minimum absolute atomic E-state index is 0.0764. The van der Waals surface area contributed by atoms with Gasteiger partial charge in [0.05, 0.1) is 22.3 Å². The molecule has 4 rings (SSSR count). The van der Waals surface area contributed by atoms with E-state index in [2.05, 4.69) is 22.4 Å². The molecule has 0 N–H and O–H groups in total. The zero-order valence-corrected chi connectivity index (χ0v) is 17.3. The molecular weight excluding hydrogens is 384 g/mol. The lowest BCUT2D eigenvalue weighted by molar-refractivity contribution is 0.540. The van der Waals surface area contributed by atoms with Crippen LogP contribution in [-0.4, -0.2) is 29.8 Å². The van der Waals surface area contributed by atoms with Gasteiger partial charge in [-0.15, -0.1) is 5.10 Å². The summed E-state index contributed by atoms with van der Waals surface area (Å²) in [6.45, 7) is 4.95. The maximum absolute atomic E-state index is 13.3. The third kappa shape index (κ3) is 4.07. The Morgan fingerprint density at radius 2 is 1.86 bits per heavy atom. The zero-order chi connectivity index (χ0) is 20.2. The molecule has 0 radical (unpaired) electrons. The van der Waals surface area contributed by atoms with Crippen LogP contribution in [0, 0.1) is 6.92 Å². The number of rotatable bonds is 7. The van der Waals surface area contributed by atoms with E-state index in [-0.39, 0.29) is 5.56 Å². The van der Waals surface area contributed by atoms with Gasteiger partial charge in [0, 0.05) is 6.54 Å². The molecule has 29 heavy (non-hydrogen) atoms. The fraction of sp³-hybridized carbons (Fsp3) is 0.286. The average molecular weight is 407 g/mol. The molecule has 0 bridgehead atoms. The Morgan fingerprint density at radius 3 is 2.66 bits per heavy atom. The number of aromatic nitrogens is 6. The largest absolute Gasteiger partial charge is 0.268 e. The maximum Gasteiger partial charge on any atom is 0.266 e. The van der Waals surface area contributed by atoms with Gasteiger partial charge >= 0.3 is 0 Å². The van der Waals surface area contributed by atoms with E-state index >= 15 is 0 Å². The number of tetrazole rings is 1. The second-order valence-corrected chi connectivity index (χ2v) is 7.79. The predicted molar refractivity (Wildman–Crippen MR) is 114 cm³/mol. The van der Waals surface area contributed by atoms with Gasteiger partial charge in [0.1, 0.15) is 0 Å². The molecule has 4 aromatic rings. The normalized spacial score (nSPS) is 11.2. The molecule has 2 heterocycles. The van der Waals surface area contributed by atoms with Gasteiger partial charge < -0.3 is 0 Å². The highest BCUT2D eigenvalue weighted by Gasteiger charge is 2.15. The first kappa shape index (κ1) is 19.3. The fourth-order valence-corrected chi connectivity index (χ4v) is 4.01. The van der Waals surface area contributed by atoms with Crippen LogP contribution in [0.4, 0.5) is 0 Å². The van der Waals surface area contributed by atoms with Crippen LogP contribution in [0.2, 0.25) is 0 Å². The Morgan fingerprint density at radius 1 is 1.07 bits per heavy atom. The van der Waals surface area contributed by atoms with Crippen LogP contribution in [0.15, 0.2) is 58.5 Å². The van der Waals surface area contributed by atoms with Gasteiger partial charge in [-0.2, -0.15) is 0 Å². The van der Waals surface area contributed by atoms with Crippen molar-refractivity contribution in [2.24, 2.45) is 0 Å². The van der Waals surface area contributed by atoms with Gasteiger partial charge in [-0.1, -0.05) is 54.9 Å². The number of hydrogen-bond acceptors (Lipinski definition) is 6. The first-order valence-electron chi connectivity index (χ1n) is 9.64. The molecule has 0 amide bonds. The van der Waals surface area contributed by atoms with E-state index in [0.29, 0.717) is 21.8 Å². The van der Waals surface area contributed by atoms with Crippen molar-refractivity contribution in [3.63, 3.8) is 0 Å². The molecule has 148 valence electrons. The Kier molecular flexibility index (Phi) is 5.71. The summed E-state index contributed by atoms with van der Waals surface area (Å²) in [5.74, 6) is 1.31. The van der Waals surface area contributed by atoms with E-state index in [4.69, 9.17) is 4.98 Å². The number of aryl methyl sites for hydroxylation is 2. The number of unbranched alkanes of at least 4 members (excludes halogenated alkanes) is 1. The van der Waals surface area contributed by atoms with Gasteiger partial charge in [-0.3, -0.25) is 9.36 Å². The molecule has 2 aromatic heterocycles. The second-order valence-electron chi connectivity index (χ2n) is 6.85. The molecule has 0 unspecified atom stereocenters. The molecule has 0 aliphatic heterocycles. The van der Waals surface area contributed by atoms with Gasteiger partial charge in [0.25, 0.3) is 5.56 Å². The SMILES string of the molecule is CCCCn1nnnc1CSc1nc2ccccc2c(=O)n1-c1ccc(C)cc1. The molecule has 0 aliphatic rings. The molecule has 0 spiro atoms.